The lowest BCUT2D eigenvalue weighted by Crippen LogP contribution is -2.54. The van der Waals surface area contributed by atoms with Crippen LogP contribution in [0.4, 0.5) is 13.2 Å². The topological polar surface area (TPSA) is 49.9 Å². The molecule has 2 fully saturated rings. The number of carbonyl (C=O) groups is 2. The van der Waals surface area contributed by atoms with Crippen LogP contribution in [0.1, 0.15) is 28.8 Å². The quantitative estimate of drug-likeness (QED) is 0.780. The molecule has 0 atom stereocenters. The number of likely N-dealkylation sites (tertiary alicyclic amines) is 1. The van der Waals surface area contributed by atoms with Gasteiger partial charge in [-0.3, -0.25) is 9.59 Å². The number of rotatable bonds is 3. The predicted molar refractivity (Wildman–Crippen MR) is 95.4 cm³/mol. The largest absolute Gasteiger partial charge is 0.416 e. The lowest BCUT2D eigenvalue weighted by Gasteiger charge is -2.44. The molecule has 0 N–H and O–H groups in total. The van der Waals surface area contributed by atoms with Gasteiger partial charge < -0.3 is 14.5 Å². The molecule has 2 saturated heterocycles. The van der Waals surface area contributed by atoms with Crippen molar-refractivity contribution in [3.63, 3.8) is 0 Å². The second-order valence-electron chi connectivity index (χ2n) is 6.64. The summed E-state index contributed by atoms with van der Waals surface area (Å²) in [5.41, 5.74) is -0.516. The highest BCUT2D eigenvalue weighted by Gasteiger charge is 2.47. The van der Waals surface area contributed by atoms with Gasteiger partial charge in [-0.15, -0.1) is 11.8 Å². The Balaban J connectivity index is 1.71. The first kappa shape index (κ1) is 20.0. The highest BCUT2D eigenvalue weighted by Crippen LogP contribution is 2.44. The lowest BCUT2D eigenvalue weighted by molar-refractivity contribution is -0.138. The van der Waals surface area contributed by atoms with Gasteiger partial charge in [0, 0.05) is 38.1 Å². The van der Waals surface area contributed by atoms with Gasteiger partial charge in [-0.1, -0.05) is 0 Å². The maximum Gasteiger partial charge on any atom is 0.416 e. The first-order valence-electron chi connectivity index (χ1n) is 8.67. The number of benzene rings is 1. The molecule has 9 heteroatoms. The normalized spacial score (nSPS) is 19.6. The van der Waals surface area contributed by atoms with Crippen molar-refractivity contribution in [3.05, 3.63) is 35.4 Å². The minimum Gasteiger partial charge on any atom is -0.375 e. The van der Waals surface area contributed by atoms with Gasteiger partial charge in [0.2, 0.25) is 5.91 Å². The van der Waals surface area contributed by atoms with E-state index >= 15 is 0 Å². The number of nitrogens with zero attached hydrogens (tertiary/aromatic N) is 2. The van der Waals surface area contributed by atoms with E-state index in [0.29, 0.717) is 32.5 Å². The van der Waals surface area contributed by atoms with Crippen LogP contribution in [0.15, 0.2) is 24.3 Å². The zero-order valence-electron chi connectivity index (χ0n) is 14.9. The Labute approximate surface area is 159 Å². The van der Waals surface area contributed by atoms with Crippen molar-refractivity contribution in [1.29, 1.82) is 0 Å². The monoisotopic (exact) mass is 402 g/mol. The van der Waals surface area contributed by atoms with E-state index in [1.54, 1.807) is 21.6 Å². The van der Waals surface area contributed by atoms with Crippen LogP contribution in [0, 0.1) is 0 Å². The van der Waals surface area contributed by atoms with E-state index in [-0.39, 0.29) is 24.0 Å². The molecule has 0 unspecified atom stereocenters. The minimum absolute atomic E-state index is 0.0361. The third kappa shape index (κ3) is 4.08. The molecule has 2 aliphatic rings. The van der Waals surface area contributed by atoms with E-state index < -0.39 is 16.6 Å². The fourth-order valence-corrected chi connectivity index (χ4v) is 5.04. The van der Waals surface area contributed by atoms with Crippen molar-refractivity contribution >= 4 is 23.6 Å². The fourth-order valence-electron chi connectivity index (χ4n) is 3.59. The van der Waals surface area contributed by atoms with Gasteiger partial charge in [0.25, 0.3) is 5.91 Å². The van der Waals surface area contributed by atoms with Gasteiger partial charge in [0.1, 0.15) is 6.61 Å². The molecule has 3 rings (SSSR count). The van der Waals surface area contributed by atoms with E-state index in [0.717, 1.165) is 17.9 Å². The number of alkyl halides is 3. The van der Waals surface area contributed by atoms with E-state index in [1.807, 2.05) is 0 Å². The van der Waals surface area contributed by atoms with Crippen molar-refractivity contribution in [1.82, 2.24) is 9.80 Å². The van der Waals surface area contributed by atoms with E-state index in [2.05, 4.69) is 0 Å². The summed E-state index contributed by atoms with van der Waals surface area (Å²) in [5, 5.41) is 0. The van der Waals surface area contributed by atoms with Crippen molar-refractivity contribution in [2.45, 2.75) is 23.9 Å². The number of halogens is 3. The number of piperidine rings is 1. The number of amides is 2. The van der Waals surface area contributed by atoms with Gasteiger partial charge in [-0.25, -0.2) is 0 Å². The standard InChI is InChI=1S/C18H21F3N2O3S/c1-26-12-15(24)22-8-6-17(7-9-22)23(10-11-27-17)16(25)13-2-4-14(5-3-13)18(19,20)21/h2-5H,6-12H2,1H3. The van der Waals surface area contributed by atoms with Crippen molar-refractivity contribution in [3.8, 4) is 0 Å². The number of carbonyl (C=O) groups excluding carboxylic acids is 2. The summed E-state index contributed by atoms with van der Waals surface area (Å²) in [4.78, 5) is 28.0. The highest BCUT2D eigenvalue weighted by atomic mass is 32.2. The molecule has 0 saturated carbocycles. The second-order valence-corrected chi connectivity index (χ2v) is 8.10. The average molecular weight is 402 g/mol. The predicted octanol–water partition coefficient (Wildman–Crippen LogP) is 2.86. The molecule has 2 aliphatic heterocycles. The third-order valence-electron chi connectivity index (χ3n) is 5.05. The molecular weight excluding hydrogens is 381 g/mol. The van der Waals surface area contributed by atoms with Crippen LogP contribution in [0.5, 0.6) is 0 Å². The average Bonchev–Trinajstić information content (AvgIpc) is 3.04. The molecular formula is C18H21F3N2O3S. The Morgan fingerprint density at radius 2 is 1.78 bits per heavy atom. The Morgan fingerprint density at radius 3 is 2.33 bits per heavy atom. The molecule has 0 aliphatic carbocycles. The van der Waals surface area contributed by atoms with E-state index in [1.165, 1.54) is 19.2 Å². The number of ether oxygens (including phenoxy) is 1. The van der Waals surface area contributed by atoms with Gasteiger partial charge in [0.15, 0.2) is 0 Å². The maximum atomic E-state index is 12.9. The van der Waals surface area contributed by atoms with Crippen LogP contribution in [0.2, 0.25) is 0 Å². The molecule has 148 valence electrons. The number of methoxy groups -OCH3 is 1. The molecule has 0 radical (unpaired) electrons. The van der Waals surface area contributed by atoms with Gasteiger partial charge in [-0.2, -0.15) is 13.2 Å². The molecule has 1 aromatic carbocycles. The number of thioether (sulfide) groups is 1. The van der Waals surface area contributed by atoms with Crippen molar-refractivity contribution in [2.24, 2.45) is 0 Å². The Kier molecular flexibility index (Phi) is 5.71. The van der Waals surface area contributed by atoms with Crippen LogP contribution in [-0.2, 0) is 15.7 Å². The zero-order valence-corrected chi connectivity index (χ0v) is 15.7. The molecule has 1 aromatic rings. The van der Waals surface area contributed by atoms with Crippen molar-refractivity contribution < 1.29 is 27.5 Å². The SMILES string of the molecule is COCC(=O)N1CCC2(CC1)SCCN2C(=O)c1ccc(C(F)(F)F)cc1. The summed E-state index contributed by atoms with van der Waals surface area (Å²) in [6.07, 6.45) is -3.15. The lowest BCUT2D eigenvalue weighted by atomic mass is 10.0. The van der Waals surface area contributed by atoms with Gasteiger partial charge in [0.05, 0.1) is 10.4 Å². The highest BCUT2D eigenvalue weighted by molar-refractivity contribution is 8.00. The fraction of sp³-hybridized carbons (Fsp3) is 0.556. The second kappa shape index (κ2) is 7.71. The number of hydrogen-bond donors (Lipinski definition) is 0. The maximum absolute atomic E-state index is 12.9. The van der Waals surface area contributed by atoms with E-state index in [4.69, 9.17) is 4.74 Å². The summed E-state index contributed by atoms with van der Waals surface area (Å²) in [7, 11) is 1.47. The summed E-state index contributed by atoms with van der Waals surface area (Å²) < 4.78 is 43.1. The van der Waals surface area contributed by atoms with Gasteiger partial charge in [-0.05, 0) is 37.1 Å². The van der Waals surface area contributed by atoms with Gasteiger partial charge >= 0.3 is 6.18 Å². The smallest absolute Gasteiger partial charge is 0.375 e. The first-order chi connectivity index (χ1) is 12.8. The molecule has 0 aromatic heterocycles. The van der Waals surface area contributed by atoms with Crippen LogP contribution in [0.25, 0.3) is 0 Å². The summed E-state index contributed by atoms with van der Waals surface area (Å²) in [5.74, 6) is 0.444. The van der Waals surface area contributed by atoms with Crippen LogP contribution >= 0.6 is 11.8 Å². The summed E-state index contributed by atoms with van der Waals surface area (Å²) in [6.45, 7) is 1.66. The molecule has 5 nitrogen and oxygen atoms in total. The minimum atomic E-state index is -4.42. The Morgan fingerprint density at radius 1 is 1.15 bits per heavy atom. The van der Waals surface area contributed by atoms with Crippen LogP contribution < -0.4 is 0 Å². The Bertz CT molecular complexity index is 701. The third-order valence-corrected chi connectivity index (χ3v) is 6.60. The zero-order chi connectivity index (χ0) is 19.7. The first-order valence-corrected chi connectivity index (χ1v) is 9.65. The molecule has 0 bridgehead atoms. The van der Waals surface area contributed by atoms with Crippen molar-refractivity contribution in [2.75, 3.05) is 39.1 Å². The summed E-state index contributed by atoms with van der Waals surface area (Å²) in [6, 6.07) is 4.35. The molecule has 27 heavy (non-hydrogen) atoms. The number of hydrogen-bond acceptors (Lipinski definition) is 4. The van der Waals surface area contributed by atoms with Crippen LogP contribution in [0.3, 0.4) is 0 Å². The molecule has 2 heterocycles. The Hall–Kier alpha value is -1.74. The van der Waals surface area contributed by atoms with E-state index in [9.17, 15) is 22.8 Å². The molecule has 1 spiro atoms. The summed E-state index contributed by atoms with van der Waals surface area (Å²) >= 11 is 1.69. The molecule has 2 amide bonds. The van der Waals surface area contributed by atoms with Crippen LogP contribution in [-0.4, -0.2) is 65.6 Å².